The summed E-state index contributed by atoms with van der Waals surface area (Å²) in [5.41, 5.74) is -0.0583. The van der Waals surface area contributed by atoms with Gasteiger partial charge in [-0.25, -0.2) is 8.78 Å². The van der Waals surface area contributed by atoms with E-state index in [9.17, 15) is 18.4 Å². The van der Waals surface area contributed by atoms with Gasteiger partial charge in [0.1, 0.15) is 11.7 Å². The predicted octanol–water partition coefficient (Wildman–Crippen LogP) is 0.976. The first-order valence-electron chi connectivity index (χ1n) is 5.88. The van der Waals surface area contributed by atoms with Crippen molar-refractivity contribution in [3.63, 3.8) is 0 Å². The van der Waals surface area contributed by atoms with Gasteiger partial charge in [0.15, 0.2) is 11.6 Å². The van der Waals surface area contributed by atoms with Crippen molar-refractivity contribution in [3.05, 3.63) is 29.3 Å². The molecule has 1 fully saturated rings. The summed E-state index contributed by atoms with van der Waals surface area (Å²) in [4.78, 5) is 23.2. The van der Waals surface area contributed by atoms with E-state index in [4.69, 9.17) is 0 Å². The van der Waals surface area contributed by atoms with Crippen LogP contribution in [0.15, 0.2) is 12.1 Å². The predicted molar refractivity (Wildman–Crippen MR) is 64.2 cm³/mol. The van der Waals surface area contributed by atoms with Crippen molar-refractivity contribution in [1.82, 2.24) is 5.32 Å². The minimum atomic E-state index is -1.18. The Labute approximate surface area is 113 Å². The summed E-state index contributed by atoms with van der Waals surface area (Å²) in [7, 11) is 2.35. The minimum absolute atomic E-state index is 0.0429. The van der Waals surface area contributed by atoms with Crippen LogP contribution in [0.2, 0.25) is 0 Å². The molecule has 1 aliphatic heterocycles. The number of carbonyl (C=O) groups is 2. The molecule has 1 aromatic rings. The summed E-state index contributed by atoms with van der Waals surface area (Å²) >= 11 is 0. The van der Waals surface area contributed by atoms with Gasteiger partial charge in [0.05, 0.1) is 14.2 Å². The molecule has 1 saturated heterocycles. The minimum Gasteiger partial charge on any atom is -0.494 e. The first kappa shape index (κ1) is 14.2. The Balaban J connectivity index is 2.42. The second kappa shape index (κ2) is 5.44. The third-order valence-corrected chi connectivity index (χ3v) is 3.31. The molecule has 20 heavy (non-hydrogen) atoms. The topological polar surface area (TPSA) is 64.6 Å². The van der Waals surface area contributed by atoms with Crippen molar-refractivity contribution in [3.8, 4) is 5.75 Å². The van der Waals surface area contributed by atoms with Crippen molar-refractivity contribution in [2.75, 3.05) is 20.8 Å². The van der Waals surface area contributed by atoms with Crippen LogP contribution in [-0.4, -0.2) is 32.6 Å². The van der Waals surface area contributed by atoms with E-state index < -0.39 is 35.3 Å². The lowest BCUT2D eigenvalue weighted by Gasteiger charge is -2.16. The van der Waals surface area contributed by atoms with Crippen LogP contribution in [0, 0.1) is 17.6 Å². The van der Waals surface area contributed by atoms with E-state index in [-0.39, 0.29) is 17.9 Å². The van der Waals surface area contributed by atoms with Crippen LogP contribution in [0.3, 0.4) is 0 Å². The first-order valence-corrected chi connectivity index (χ1v) is 5.88. The number of esters is 1. The van der Waals surface area contributed by atoms with Crippen molar-refractivity contribution in [1.29, 1.82) is 0 Å². The van der Waals surface area contributed by atoms with Gasteiger partial charge in [0.25, 0.3) is 0 Å². The Bertz CT molecular complexity index is 562. The zero-order valence-electron chi connectivity index (χ0n) is 10.9. The highest BCUT2D eigenvalue weighted by molar-refractivity contribution is 6.00. The number of carbonyl (C=O) groups excluding carboxylic acids is 2. The summed E-state index contributed by atoms with van der Waals surface area (Å²) in [6.45, 7) is 0.0429. The highest BCUT2D eigenvalue weighted by Crippen LogP contribution is 2.34. The quantitative estimate of drug-likeness (QED) is 0.664. The molecule has 0 saturated carbocycles. The normalized spacial score (nSPS) is 21.5. The zero-order chi connectivity index (χ0) is 14.9. The molecular formula is C13H13F2NO4. The van der Waals surface area contributed by atoms with Crippen molar-refractivity contribution in [2.24, 2.45) is 5.92 Å². The SMILES string of the molecule is COC(=O)C1C(=O)NCC1c1cc(F)c(OC)cc1F. The Morgan fingerprint density at radius 3 is 2.60 bits per heavy atom. The number of methoxy groups -OCH3 is 2. The third-order valence-electron chi connectivity index (χ3n) is 3.31. The fourth-order valence-corrected chi connectivity index (χ4v) is 2.29. The fraction of sp³-hybridized carbons (Fsp3) is 0.385. The van der Waals surface area contributed by atoms with Crippen LogP contribution >= 0.6 is 0 Å². The average molecular weight is 285 g/mol. The van der Waals surface area contributed by atoms with E-state index in [0.29, 0.717) is 0 Å². The zero-order valence-corrected chi connectivity index (χ0v) is 10.9. The van der Waals surface area contributed by atoms with Gasteiger partial charge in [0.2, 0.25) is 5.91 Å². The molecule has 2 unspecified atom stereocenters. The molecule has 108 valence electrons. The summed E-state index contributed by atoms with van der Waals surface area (Å²) in [5.74, 6) is -5.06. The van der Waals surface area contributed by atoms with E-state index in [1.807, 2.05) is 0 Å². The Kier molecular flexibility index (Phi) is 3.87. The molecule has 2 atom stereocenters. The summed E-state index contributed by atoms with van der Waals surface area (Å²) in [6.07, 6.45) is 0. The average Bonchev–Trinajstić information content (AvgIpc) is 2.81. The molecule has 0 aliphatic carbocycles. The molecule has 1 amide bonds. The highest BCUT2D eigenvalue weighted by atomic mass is 19.1. The van der Waals surface area contributed by atoms with Crippen LogP contribution < -0.4 is 10.1 Å². The van der Waals surface area contributed by atoms with Crippen LogP contribution in [0.5, 0.6) is 5.75 Å². The van der Waals surface area contributed by atoms with Gasteiger partial charge in [-0.1, -0.05) is 0 Å². The number of hydrogen-bond acceptors (Lipinski definition) is 4. The molecule has 1 N–H and O–H groups in total. The van der Waals surface area contributed by atoms with Gasteiger partial charge in [0, 0.05) is 18.5 Å². The van der Waals surface area contributed by atoms with Crippen molar-refractivity contribution < 1.29 is 27.8 Å². The Hall–Kier alpha value is -2.18. The summed E-state index contributed by atoms with van der Waals surface area (Å²) in [6, 6.07) is 1.83. The molecule has 1 aromatic carbocycles. The lowest BCUT2D eigenvalue weighted by molar-refractivity contribution is -0.149. The number of amides is 1. The van der Waals surface area contributed by atoms with Crippen LogP contribution in [0.4, 0.5) is 8.78 Å². The molecule has 0 spiro atoms. The van der Waals surface area contributed by atoms with E-state index in [2.05, 4.69) is 14.8 Å². The Morgan fingerprint density at radius 1 is 1.30 bits per heavy atom. The maximum absolute atomic E-state index is 14.0. The van der Waals surface area contributed by atoms with Crippen LogP contribution in [0.25, 0.3) is 0 Å². The lowest BCUT2D eigenvalue weighted by Crippen LogP contribution is -2.28. The number of hydrogen-bond donors (Lipinski definition) is 1. The highest BCUT2D eigenvalue weighted by Gasteiger charge is 2.43. The standard InChI is InChI=1S/C13H13F2NO4/c1-19-10-4-8(14)6(3-9(10)15)7-5-16-12(17)11(7)13(18)20-2/h3-4,7,11H,5H2,1-2H3,(H,16,17). The fourth-order valence-electron chi connectivity index (χ4n) is 2.29. The van der Waals surface area contributed by atoms with E-state index >= 15 is 0 Å². The van der Waals surface area contributed by atoms with Crippen LogP contribution in [-0.2, 0) is 14.3 Å². The second-order valence-corrected chi connectivity index (χ2v) is 4.36. The molecule has 0 aromatic heterocycles. The third kappa shape index (κ3) is 2.31. The van der Waals surface area contributed by atoms with E-state index in [1.165, 1.54) is 7.11 Å². The van der Waals surface area contributed by atoms with Gasteiger partial charge < -0.3 is 14.8 Å². The molecule has 1 aliphatic rings. The van der Waals surface area contributed by atoms with Gasteiger partial charge in [-0.2, -0.15) is 0 Å². The van der Waals surface area contributed by atoms with Gasteiger partial charge in [-0.05, 0) is 11.6 Å². The molecule has 0 radical (unpaired) electrons. The van der Waals surface area contributed by atoms with Crippen LogP contribution in [0.1, 0.15) is 11.5 Å². The van der Waals surface area contributed by atoms with E-state index in [0.717, 1.165) is 19.2 Å². The number of benzene rings is 1. The first-order chi connectivity index (χ1) is 9.49. The summed E-state index contributed by atoms with van der Waals surface area (Å²) < 4.78 is 36.9. The largest absolute Gasteiger partial charge is 0.494 e. The molecular weight excluding hydrogens is 272 g/mol. The van der Waals surface area contributed by atoms with Gasteiger partial charge in [-0.3, -0.25) is 9.59 Å². The summed E-state index contributed by atoms with van der Waals surface area (Å²) in [5, 5.41) is 2.45. The van der Waals surface area contributed by atoms with Gasteiger partial charge in [-0.15, -0.1) is 0 Å². The molecule has 0 bridgehead atoms. The lowest BCUT2D eigenvalue weighted by atomic mass is 9.88. The monoisotopic (exact) mass is 285 g/mol. The number of rotatable bonds is 3. The molecule has 7 heteroatoms. The van der Waals surface area contributed by atoms with Crippen molar-refractivity contribution in [2.45, 2.75) is 5.92 Å². The molecule has 1 heterocycles. The maximum atomic E-state index is 14.0. The van der Waals surface area contributed by atoms with E-state index in [1.54, 1.807) is 0 Å². The van der Waals surface area contributed by atoms with Crippen molar-refractivity contribution >= 4 is 11.9 Å². The number of nitrogens with one attached hydrogen (secondary N) is 1. The second-order valence-electron chi connectivity index (χ2n) is 4.36. The number of halogens is 2. The smallest absolute Gasteiger partial charge is 0.318 e. The van der Waals surface area contributed by atoms with Gasteiger partial charge >= 0.3 is 5.97 Å². The number of ether oxygens (including phenoxy) is 2. The Morgan fingerprint density at radius 2 is 2.00 bits per heavy atom. The molecule has 2 rings (SSSR count). The maximum Gasteiger partial charge on any atom is 0.318 e. The molecule has 5 nitrogen and oxygen atoms in total.